The van der Waals surface area contributed by atoms with Crippen molar-refractivity contribution in [2.45, 2.75) is 26.7 Å². The third-order valence-electron chi connectivity index (χ3n) is 4.50. The third-order valence-corrected chi connectivity index (χ3v) is 4.74. The Morgan fingerprint density at radius 2 is 1.97 bits per heavy atom. The second kappa shape index (κ2) is 9.87. The Morgan fingerprint density at radius 1 is 1.23 bits per heavy atom. The van der Waals surface area contributed by atoms with Crippen LogP contribution in [0.3, 0.4) is 0 Å². The van der Waals surface area contributed by atoms with Crippen molar-refractivity contribution in [3.63, 3.8) is 0 Å². The maximum Gasteiger partial charge on any atom is 0.274 e. The van der Waals surface area contributed by atoms with Crippen LogP contribution in [0.5, 0.6) is 5.75 Å². The molecule has 8 nitrogen and oxygen atoms in total. The molecule has 3 rings (SSSR count). The first-order chi connectivity index (χ1) is 14.9. The van der Waals surface area contributed by atoms with Gasteiger partial charge in [-0.1, -0.05) is 11.6 Å². The molecule has 160 valence electrons. The number of furan rings is 1. The fourth-order valence-electron chi connectivity index (χ4n) is 3.00. The summed E-state index contributed by atoms with van der Waals surface area (Å²) in [7, 11) is 0. The lowest BCUT2D eigenvalue weighted by molar-refractivity contribution is -0.122. The molecule has 0 aliphatic carbocycles. The lowest BCUT2D eigenvalue weighted by Gasteiger charge is -2.10. The summed E-state index contributed by atoms with van der Waals surface area (Å²) < 4.78 is 12.8. The summed E-state index contributed by atoms with van der Waals surface area (Å²) in [4.78, 5) is 24.6. The second-order valence-corrected chi connectivity index (χ2v) is 7.22. The number of halogens is 1. The number of nitriles is 1. The van der Waals surface area contributed by atoms with Gasteiger partial charge >= 0.3 is 0 Å². The van der Waals surface area contributed by atoms with Crippen LogP contribution in [-0.2, 0) is 4.79 Å². The third kappa shape index (κ3) is 5.27. The number of aromatic nitrogens is 1. The molecular weight excluding hydrogens is 420 g/mol. The first-order valence-electron chi connectivity index (χ1n) is 9.55. The highest BCUT2D eigenvalue weighted by atomic mass is 35.5. The molecule has 2 aromatic heterocycles. The summed E-state index contributed by atoms with van der Waals surface area (Å²) in [6.07, 6.45) is 4.01. The van der Waals surface area contributed by atoms with Crippen molar-refractivity contribution in [3.05, 3.63) is 70.2 Å². The Bertz CT molecular complexity index is 1130. The molecule has 1 aromatic carbocycles. The number of ether oxygens (including phenoxy) is 1. The summed E-state index contributed by atoms with van der Waals surface area (Å²) in [5, 5.41) is 10.1. The van der Waals surface area contributed by atoms with Gasteiger partial charge in [0, 0.05) is 23.8 Å². The normalized spacial score (nSPS) is 10.4. The molecule has 0 saturated carbocycles. The van der Waals surface area contributed by atoms with E-state index in [0.29, 0.717) is 23.8 Å². The molecule has 9 heteroatoms. The molecule has 0 aliphatic rings. The molecule has 2 N–H and O–H groups in total. The van der Waals surface area contributed by atoms with Gasteiger partial charge in [0.25, 0.3) is 5.91 Å². The predicted octanol–water partition coefficient (Wildman–Crippen LogP) is 3.83. The van der Waals surface area contributed by atoms with Crippen molar-refractivity contribution in [1.29, 1.82) is 5.26 Å². The highest BCUT2D eigenvalue weighted by Crippen LogP contribution is 2.25. The predicted molar refractivity (Wildman–Crippen MR) is 114 cm³/mol. The molecule has 0 aliphatic heterocycles. The van der Waals surface area contributed by atoms with E-state index in [4.69, 9.17) is 20.8 Å². The lowest BCUT2D eigenvalue weighted by Crippen LogP contribution is -2.42. The zero-order chi connectivity index (χ0) is 22.4. The van der Waals surface area contributed by atoms with Crippen LogP contribution in [0.4, 0.5) is 0 Å². The Morgan fingerprint density at radius 3 is 2.65 bits per heavy atom. The van der Waals surface area contributed by atoms with Gasteiger partial charge in [0.15, 0.2) is 0 Å². The number of hydrogen-bond acceptors (Lipinski definition) is 5. The number of carbonyl (C=O) groups is 2. The van der Waals surface area contributed by atoms with Crippen molar-refractivity contribution in [1.82, 2.24) is 15.4 Å². The zero-order valence-corrected chi connectivity index (χ0v) is 17.8. The molecule has 0 radical (unpaired) electrons. The van der Waals surface area contributed by atoms with Crippen LogP contribution in [0.1, 0.15) is 40.1 Å². The average molecular weight is 441 g/mol. The molecule has 0 fully saturated rings. The van der Waals surface area contributed by atoms with Gasteiger partial charge in [-0.3, -0.25) is 25.0 Å². The number of benzene rings is 1. The standard InChI is InChI=1S/C22H21ClN4O4/c1-14-12-16(23)7-8-18(14)30-11-5-6-19(28)25-26-21(29)20-15(2)31-22(17(20)13-24)27-9-3-4-10-27/h3-4,7-10,12H,5-6,11H2,1-2H3,(H,25,28)(H,26,29). The minimum Gasteiger partial charge on any atom is -0.493 e. The zero-order valence-electron chi connectivity index (χ0n) is 17.1. The van der Waals surface area contributed by atoms with Crippen molar-refractivity contribution >= 4 is 23.4 Å². The van der Waals surface area contributed by atoms with E-state index in [2.05, 4.69) is 10.9 Å². The number of hydrogen-bond donors (Lipinski definition) is 2. The van der Waals surface area contributed by atoms with Gasteiger partial charge in [0.1, 0.15) is 28.7 Å². The molecule has 2 amide bonds. The average Bonchev–Trinajstić information content (AvgIpc) is 3.38. The highest BCUT2D eigenvalue weighted by Gasteiger charge is 2.24. The second-order valence-electron chi connectivity index (χ2n) is 6.78. The number of carbonyl (C=O) groups excluding carboxylic acids is 2. The Hall–Kier alpha value is -3.70. The number of rotatable bonds is 7. The number of nitrogens with one attached hydrogen (secondary N) is 2. The van der Waals surface area contributed by atoms with Crippen LogP contribution in [0.25, 0.3) is 5.88 Å². The van der Waals surface area contributed by atoms with Crippen LogP contribution < -0.4 is 15.6 Å². The number of aryl methyl sites for hydroxylation is 2. The minimum absolute atomic E-state index is 0.0769. The smallest absolute Gasteiger partial charge is 0.274 e. The fourth-order valence-corrected chi connectivity index (χ4v) is 3.23. The quantitative estimate of drug-likeness (QED) is 0.428. The molecule has 2 heterocycles. The summed E-state index contributed by atoms with van der Waals surface area (Å²) in [6, 6.07) is 10.9. The Kier molecular flexibility index (Phi) is 7.00. The van der Waals surface area contributed by atoms with E-state index >= 15 is 0 Å². The van der Waals surface area contributed by atoms with E-state index in [1.165, 1.54) is 0 Å². The Labute approximate surface area is 184 Å². The van der Waals surface area contributed by atoms with Crippen LogP contribution in [0.15, 0.2) is 47.1 Å². The van der Waals surface area contributed by atoms with E-state index in [9.17, 15) is 14.9 Å². The maximum absolute atomic E-state index is 12.5. The molecule has 3 aromatic rings. The number of nitrogens with zero attached hydrogens (tertiary/aromatic N) is 2. The fraction of sp³-hybridized carbons (Fsp3) is 0.227. The van der Waals surface area contributed by atoms with Crippen molar-refractivity contribution < 1.29 is 18.7 Å². The number of hydrazine groups is 1. The van der Waals surface area contributed by atoms with E-state index in [1.54, 1.807) is 54.2 Å². The van der Waals surface area contributed by atoms with E-state index in [-0.39, 0.29) is 35.1 Å². The van der Waals surface area contributed by atoms with Gasteiger partial charge < -0.3 is 9.15 Å². The lowest BCUT2D eigenvalue weighted by atomic mass is 10.1. The number of amides is 2. The van der Waals surface area contributed by atoms with Gasteiger partial charge in [-0.25, -0.2) is 0 Å². The van der Waals surface area contributed by atoms with Gasteiger partial charge in [0.05, 0.1) is 6.61 Å². The molecule has 0 unspecified atom stereocenters. The maximum atomic E-state index is 12.5. The SMILES string of the molecule is Cc1cc(Cl)ccc1OCCCC(=O)NNC(=O)c1c(C)oc(-n2cccc2)c1C#N. The highest BCUT2D eigenvalue weighted by molar-refractivity contribution is 6.30. The van der Waals surface area contributed by atoms with Crippen molar-refractivity contribution in [2.24, 2.45) is 0 Å². The molecule has 0 atom stereocenters. The topological polar surface area (TPSA) is 109 Å². The van der Waals surface area contributed by atoms with Gasteiger partial charge in [0.2, 0.25) is 11.8 Å². The van der Waals surface area contributed by atoms with Gasteiger partial charge in [-0.15, -0.1) is 0 Å². The summed E-state index contributed by atoms with van der Waals surface area (Å²) in [5.74, 6) is 0.221. The van der Waals surface area contributed by atoms with E-state index in [0.717, 1.165) is 5.56 Å². The molecule has 0 saturated heterocycles. The van der Waals surface area contributed by atoms with E-state index < -0.39 is 5.91 Å². The summed E-state index contributed by atoms with van der Waals surface area (Å²) >= 11 is 5.91. The van der Waals surface area contributed by atoms with Crippen LogP contribution >= 0.6 is 11.6 Å². The molecule has 31 heavy (non-hydrogen) atoms. The van der Waals surface area contributed by atoms with Gasteiger partial charge in [-0.2, -0.15) is 5.26 Å². The first-order valence-corrected chi connectivity index (χ1v) is 9.93. The van der Waals surface area contributed by atoms with Crippen molar-refractivity contribution in [3.8, 4) is 17.7 Å². The van der Waals surface area contributed by atoms with Crippen LogP contribution in [0, 0.1) is 25.2 Å². The molecule has 0 spiro atoms. The monoisotopic (exact) mass is 440 g/mol. The van der Waals surface area contributed by atoms with Gasteiger partial charge in [-0.05, 0) is 56.2 Å². The van der Waals surface area contributed by atoms with Crippen LogP contribution in [0.2, 0.25) is 5.02 Å². The largest absolute Gasteiger partial charge is 0.493 e. The van der Waals surface area contributed by atoms with E-state index in [1.807, 2.05) is 13.0 Å². The summed E-state index contributed by atoms with van der Waals surface area (Å²) in [6.45, 7) is 3.81. The Balaban J connectivity index is 1.50. The summed E-state index contributed by atoms with van der Waals surface area (Å²) in [5.41, 5.74) is 5.76. The molecular formula is C22H21ClN4O4. The van der Waals surface area contributed by atoms with Crippen LogP contribution in [-0.4, -0.2) is 23.0 Å². The minimum atomic E-state index is -0.627. The first kappa shape index (κ1) is 22.0. The molecule has 0 bridgehead atoms. The van der Waals surface area contributed by atoms with Crippen molar-refractivity contribution in [2.75, 3.05) is 6.61 Å².